The fourth-order valence-electron chi connectivity index (χ4n) is 2.57. The number of nitrogens with one attached hydrogen (secondary N) is 3. The van der Waals surface area contributed by atoms with Gasteiger partial charge in [-0.15, -0.1) is 12.8 Å². The fourth-order valence-corrected chi connectivity index (χ4v) is 2.82. The predicted molar refractivity (Wildman–Crippen MR) is 153 cm³/mol. The Morgan fingerprint density at radius 2 is 1.74 bits per heavy atom. The highest BCUT2D eigenvalue weighted by atomic mass is 32.1. The second-order valence-electron chi connectivity index (χ2n) is 7.48. The molecule has 186 valence electrons. The third-order valence-corrected chi connectivity index (χ3v) is 4.88. The molecule has 0 atom stereocenters. The number of amides is 1. The topological polar surface area (TPSA) is 65.5 Å². The van der Waals surface area contributed by atoms with Crippen LogP contribution in [-0.2, 0) is 0 Å². The van der Waals surface area contributed by atoms with Gasteiger partial charge in [0.2, 0.25) is 0 Å². The van der Waals surface area contributed by atoms with E-state index < -0.39 is 0 Å². The van der Waals surface area contributed by atoms with E-state index in [1.165, 1.54) is 11.6 Å². The molecule has 0 radical (unpaired) electrons. The Morgan fingerprint density at radius 3 is 2.29 bits per heavy atom. The number of carbonyl (C=O) groups is 1. The molecule has 5 nitrogen and oxygen atoms in total. The number of anilines is 2. The minimum atomic E-state index is -0.362. The second-order valence-corrected chi connectivity index (χ2v) is 7.89. The summed E-state index contributed by atoms with van der Waals surface area (Å²) in [5.74, 6) is -0.692. The van der Waals surface area contributed by atoms with Gasteiger partial charge in [-0.05, 0) is 88.9 Å². The van der Waals surface area contributed by atoms with E-state index in [2.05, 4.69) is 47.1 Å². The Morgan fingerprint density at radius 1 is 1.14 bits per heavy atom. The number of nitrogens with zero attached hydrogens (tertiary/aromatic N) is 1. The Labute approximate surface area is 214 Å². The fraction of sp³-hybridized carbons (Fsp3) is 0.250. The molecule has 0 fully saturated rings. The second kappa shape index (κ2) is 16.8. The summed E-state index contributed by atoms with van der Waals surface area (Å²) in [5.41, 5.74) is 4.98. The van der Waals surface area contributed by atoms with E-state index in [-0.39, 0.29) is 11.7 Å². The molecule has 0 heterocycles. The molecule has 0 aliphatic heterocycles. The van der Waals surface area contributed by atoms with Crippen LogP contribution in [0.2, 0.25) is 0 Å². The molecule has 0 bridgehead atoms. The zero-order valence-corrected chi connectivity index (χ0v) is 22.0. The molecule has 0 unspecified atom stereocenters. The van der Waals surface area contributed by atoms with Crippen LogP contribution < -0.4 is 16.0 Å². The molecule has 2 aromatic carbocycles. The van der Waals surface area contributed by atoms with Gasteiger partial charge in [-0.3, -0.25) is 4.79 Å². The first-order valence-electron chi connectivity index (χ1n) is 10.9. The number of carbonyl (C=O) groups excluding carboxylic acids is 1. The molecular weight excluding hydrogens is 459 g/mol. The van der Waals surface area contributed by atoms with Gasteiger partial charge in [0.15, 0.2) is 5.11 Å². The van der Waals surface area contributed by atoms with Gasteiger partial charge in [-0.25, -0.2) is 4.39 Å². The van der Waals surface area contributed by atoms with Crippen LogP contribution in [0.5, 0.6) is 0 Å². The van der Waals surface area contributed by atoms with E-state index in [9.17, 15) is 9.18 Å². The normalized spacial score (nSPS) is 9.89. The van der Waals surface area contributed by atoms with Crippen LogP contribution in [0.15, 0.2) is 65.3 Å². The number of allylic oxidation sites excluding steroid dienone is 2. The summed E-state index contributed by atoms with van der Waals surface area (Å²) in [6.07, 6.45) is 10.7. The number of aryl methyl sites for hydroxylation is 2. The van der Waals surface area contributed by atoms with Gasteiger partial charge < -0.3 is 20.9 Å². The van der Waals surface area contributed by atoms with Crippen molar-refractivity contribution in [3.8, 4) is 12.8 Å². The van der Waals surface area contributed by atoms with Crippen molar-refractivity contribution in [2.45, 2.75) is 41.0 Å². The number of aliphatic imine (C=N–C) groups is 1. The van der Waals surface area contributed by atoms with Crippen molar-refractivity contribution in [2.24, 2.45) is 4.99 Å². The first-order valence-corrected chi connectivity index (χ1v) is 11.3. The quantitative estimate of drug-likeness (QED) is 0.171. The molecule has 0 aliphatic carbocycles. The molecular formula is C28H35FN4OS. The van der Waals surface area contributed by atoms with E-state index in [0.717, 1.165) is 17.8 Å². The van der Waals surface area contributed by atoms with Gasteiger partial charge in [0.05, 0.1) is 0 Å². The lowest BCUT2D eigenvalue weighted by molar-refractivity contribution is 0.102. The predicted octanol–water partition coefficient (Wildman–Crippen LogP) is 6.81. The summed E-state index contributed by atoms with van der Waals surface area (Å²) < 4.78 is 13.7. The Hall–Kier alpha value is -3.76. The first-order chi connectivity index (χ1) is 16.6. The Bertz CT molecular complexity index is 1090. The third kappa shape index (κ3) is 11.8. The largest absolute Gasteiger partial charge is 0.336 e. The number of thiocarbonyl (C=S) groups is 1. The van der Waals surface area contributed by atoms with Gasteiger partial charge in [0, 0.05) is 35.6 Å². The van der Waals surface area contributed by atoms with Crippen molar-refractivity contribution in [3.63, 3.8) is 0 Å². The van der Waals surface area contributed by atoms with Crippen LogP contribution in [0.25, 0.3) is 0 Å². The highest BCUT2D eigenvalue weighted by molar-refractivity contribution is 7.80. The molecule has 2 rings (SSSR count). The molecule has 0 saturated carbocycles. The number of rotatable bonds is 7. The monoisotopic (exact) mass is 494 g/mol. The van der Waals surface area contributed by atoms with Gasteiger partial charge in [0.1, 0.15) is 5.82 Å². The summed E-state index contributed by atoms with van der Waals surface area (Å²) in [5, 5.41) is 9.29. The van der Waals surface area contributed by atoms with E-state index >= 15 is 0 Å². The lowest BCUT2D eigenvalue weighted by Gasteiger charge is -2.15. The minimum absolute atomic E-state index is 0.330. The standard InChI is InChI=1S/C23H26FN3OS.C3H7N.C2H2/c1-6-14(2)11-17(5)25-23(29)27-21-12-18(9-7-16(21)4)22(28)26-19-10-8-15(3)20(24)13-19;1-3-4-2;1-2/h6-10,12-13H,5,11H2,1-4H3,(H,26,28)(H2,25,27,29);2-3H2,1H3;1-2H/b14-6+;;. The molecule has 0 spiro atoms. The first kappa shape index (κ1) is 31.2. The van der Waals surface area contributed by atoms with E-state index in [4.69, 9.17) is 12.2 Å². The Kier molecular flexibility index (Phi) is 15.0. The van der Waals surface area contributed by atoms with E-state index in [1.807, 2.05) is 39.8 Å². The Balaban J connectivity index is 0.00000174. The lowest BCUT2D eigenvalue weighted by Crippen LogP contribution is -2.28. The molecule has 0 saturated heterocycles. The summed E-state index contributed by atoms with van der Waals surface area (Å²) in [4.78, 5) is 16.0. The molecule has 0 aliphatic rings. The maximum atomic E-state index is 13.7. The van der Waals surface area contributed by atoms with E-state index in [1.54, 1.807) is 31.2 Å². The number of halogens is 1. The van der Waals surface area contributed by atoms with Crippen molar-refractivity contribution >= 4 is 41.3 Å². The van der Waals surface area contributed by atoms with Gasteiger partial charge >= 0.3 is 0 Å². The molecule has 1 amide bonds. The molecule has 3 N–H and O–H groups in total. The van der Waals surface area contributed by atoms with Crippen molar-refractivity contribution in [2.75, 3.05) is 17.2 Å². The van der Waals surface area contributed by atoms with Gasteiger partial charge in [-0.1, -0.05) is 30.4 Å². The van der Waals surface area contributed by atoms with Crippen LogP contribution in [0, 0.1) is 32.5 Å². The van der Waals surface area contributed by atoms with Gasteiger partial charge in [-0.2, -0.15) is 0 Å². The smallest absolute Gasteiger partial charge is 0.255 e. The van der Waals surface area contributed by atoms with Crippen molar-refractivity contribution < 1.29 is 9.18 Å². The number of hydrogen-bond donors (Lipinski definition) is 3. The van der Waals surface area contributed by atoms with E-state index in [0.29, 0.717) is 34.0 Å². The molecule has 2 aromatic rings. The summed E-state index contributed by atoms with van der Waals surface area (Å²) in [7, 11) is 0. The third-order valence-electron chi connectivity index (χ3n) is 4.68. The van der Waals surface area contributed by atoms with Crippen molar-refractivity contribution in [1.29, 1.82) is 0 Å². The zero-order valence-electron chi connectivity index (χ0n) is 21.2. The molecule has 35 heavy (non-hydrogen) atoms. The zero-order chi connectivity index (χ0) is 27.0. The average Bonchev–Trinajstić information content (AvgIpc) is 2.83. The average molecular weight is 495 g/mol. The molecule has 0 aromatic heterocycles. The van der Waals surface area contributed by atoms with Crippen LogP contribution in [0.3, 0.4) is 0 Å². The van der Waals surface area contributed by atoms with Crippen molar-refractivity contribution in [3.05, 3.63) is 82.8 Å². The van der Waals surface area contributed by atoms with Crippen molar-refractivity contribution in [1.82, 2.24) is 5.32 Å². The highest BCUT2D eigenvalue weighted by Crippen LogP contribution is 2.19. The van der Waals surface area contributed by atoms with Crippen LogP contribution in [0.4, 0.5) is 15.8 Å². The highest BCUT2D eigenvalue weighted by Gasteiger charge is 2.11. The van der Waals surface area contributed by atoms with Gasteiger partial charge in [0.25, 0.3) is 5.91 Å². The summed E-state index contributed by atoms with van der Waals surface area (Å²) in [6.45, 7) is 17.6. The van der Waals surface area contributed by atoms with Crippen LogP contribution >= 0.6 is 12.2 Å². The number of terminal acetylenes is 1. The summed E-state index contributed by atoms with van der Waals surface area (Å²) in [6, 6.07) is 9.85. The summed E-state index contributed by atoms with van der Waals surface area (Å²) >= 11 is 5.36. The van der Waals surface area contributed by atoms with Crippen LogP contribution in [-0.4, -0.2) is 24.3 Å². The maximum Gasteiger partial charge on any atom is 0.255 e. The number of benzene rings is 2. The SMILES string of the molecule is C#C.C=C(C/C(C)=C/C)NC(=S)Nc1cc(C(=O)Nc2ccc(C)c(F)c2)ccc1C.C=NCC. The number of hydrogen-bond acceptors (Lipinski definition) is 3. The minimum Gasteiger partial charge on any atom is -0.336 e. The molecule has 7 heteroatoms. The maximum absolute atomic E-state index is 13.7. The lowest BCUT2D eigenvalue weighted by atomic mass is 10.1. The van der Waals surface area contributed by atoms with Crippen LogP contribution in [0.1, 0.15) is 48.7 Å².